The maximum absolute atomic E-state index is 11.9. The van der Waals surface area contributed by atoms with Gasteiger partial charge in [0.1, 0.15) is 5.75 Å². The van der Waals surface area contributed by atoms with Crippen LogP contribution in [0.5, 0.6) is 5.75 Å². The van der Waals surface area contributed by atoms with Crippen LogP contribution in [-0.4, -0.2) is 22.2 Å². The fraction of sp³-hybridized carbons (Fsp3) is 0.0556. The average Bonchev–Trinajstić information content (AvgIpc) is 3.10. The van der Waals surface area contributed by atoms with Gasteiger partial charge in [0.25, 0.3) is 5.91 Å². The number of nitrogens with one attached hydrogen (secondary N) is 3. The number of H-pyrrole nitrogens is 1. The molecule has 132 valence electrons. The molecule has 8 nitrogen and oxygen atoms in total. The Bertz CT molecular complexity index is 908. The summed E-state index contributed by atoms with van der Waals surface area (Å²) in [4.78, 5) is 23.2. The Morgan fingerprint density at radius 3 is 2.69 bits per heavy atom. The zero-order valence-corrected chi connectivity index (χ0v) is 13.7. The van der Waals surface area contributed by atoms with Gasteiger partial charge in [-0.25, -0.2) is 4.79 Å². The van der Waals surface area contributed by atoms with Crippen LogP contribution in [0, 0.1) is 0 Å². The molecule has 3 aromatic rings. The molecule has 1 aromatic heterocycles. The van der Waals surface area contributed by atoms with Crippen molar-refractivity contribution in [1.82, 2.24) is 10.2 Å². The summed E-state index contributed by atoms with van der Waals surface area (Å²) < 4.78 is 5.29. The molecule has 0 aliphatic heterocycles. The predicted molar refractivity (Wildman–Crippen MR) is 97.0 cm³/mol. The number of anilines is 2. The minimum atomic E-state index is -0.622. The second kappa shape index (κ2) is 7.84. The van der Waals surface area contributed by atoms with E-state index in [1.165, 1.54) is 0 Å². The van der Waals surface area contributed by atoms with Crippen LogP contribution < -0.4 is 21.1 Å². The van der Waals surface area contributed by atoms with Crippen molar-refractivity contribution in [3.8, 4) is 5.75 Å². The first-order chi connectivity index (χ1) is 12.6. The molecular weight excluding hydrogens is 334 g/mol. The van der Waals surface area contributed by atoms with Crippen LogP contribution in [-0.2, 0) is 6.54 Å². The van der Waals surface area contributed by atoms with E-state index in [1.54, 1.807) is 36.5 Å². The van der Waals surface area contributed by atoms with Gasteiger partial charge in [-0.1, -0.05) is 30.3 Å². The Labute approximate surface area is 149 Å². The molecule has 0 aliphatic rings. The lowest BCUT2D eigenvalue weighted by Crippen LogP contribution is -2.16. The standard InChI is InChI=1S/C18H17N5O3/c19-17(24)16-15(11-21-23-16)20-10-12-5-4-8-14(9-12)26-18(25)22-13-6-2-1-3-7-13/h1-9,11,20H,10H2,(H2,19,24)(H,21,23)(H,22,25). The van der Waals surface area contributed by atoms with E-state index in [1.807, 2.05) is 24.3 Å². The molecule has 0 saturated carbocycles. The van der Waals surface area contributed by atoms with Crippen molar-refractivity contribution in [3.63, 3.8) is 0 Å². The third kappa shape index (κ3) is 4.38. The first-order valence-corrected chi connectivity index (χ1v) is 7.82. The third-order valence-electron chi connectivity index (χ3n) is 3.49. The maximum Gasteiger partial charge on any atom is 0.417 e. The number of nitrogens with two attached hydrogens (primary N) is 1. The van der Waals surface area contributed by atoms with Crippen molar-refractivity contribution < 1.29 is 14.3 Å². The second-order valence-corrected chi connectivity index (χ2v) is 5.39. The molecule has 1 heterocycles. The third-order valence-corrected chi connectivity index (χ3v) is 3.49. The highest BCUT2D eigenvalue weighted by Crippen LogP contribution is 2.17. The van der Waals surface area contributed by atoms with Gasteiger partial charge in [-0.15, -0.1) is 0 Å². The lowest BCUT2D eigenvalue weighted by Gasteiger charge is -2.09. The van der Waals surface area contributed by atoms with Crippen molar-refractivity contribution in [1.29, 1.82) is 0 Å². The number of amides is 2. The topological polar surface area (TPSA) is 122 Å². The molecule has 0 aliphatic carbocycles. The van der Waals surface area contributed by atoms with Gasteiger partial charge in [0.2, 0.25) is 0 Å². The normalized spacial score (nSPS) is 10.2. The number of benzene rings is 2. The van der Waals surface area contributed by atoms with Crippen molar-refractivity contribution in [2.24, 2.45) is 5.73 Å². The molecule has 0 spiro atoms. The summed E-state index contributed by atoms with van der Waals surface area (Å²) in [5, 5.41) is 12.1. The number of rotatable bonds is 6. The molecular formula is C18H17N5O3. The molecule has 2 amide bonds. The fourth-order valence-electron chi connectivity index (χ4n) is 2.30. The average molecular weight is 351 g/mol. The van der Waals surface area contributed by atoms with Crippen molar-refractivity contribution >= 4 is 23.4 Å². The Morgan fingerprint density at radius 2 is 1.92 bits per heavy atom. The van der Waals surface area contributed by atoms with E-state index >= 15 is 0 Å². The number of hydrogen-bond donors (Lipinski definition) is 4. The Balaban J connectivity index is 1.60. The number of aromatic nitrogens is 2. The monoisotopic (exact) mass is 351 g/mol. The summed E-state index contributed by atoms with van der Waals surface area (Å²) in [7, 11) is 0. The smallest absolute Gasteiger partial charge is 0.410 e. The van der Waals surface area contributed by atoms with Gasteiger partial charge in [0.15, 0.2) is 5.69 Å². The summed E-state index contributed by atoms with van der Waals surface area (Å²) in [5.74, 6) is -0.219. The summed E-state index contributed by atoms with van der Waals surface area (Å²) in [6.45, 7) is 0.400. The Morgan fingerprint density at radius 1 is 1.12 bits per heavy atom. The highest BCUT2D eigenvalue weighted by Gasteiger charge is 2.11. The van der Waals surface area contributed by atoms with E-state index in [4.69, 9.17) is 10.5 Å². The maximum atomic E-state index is 11.9. The van der Waals surface area contributed by atoms with Gasteiger partial charge in [0.05, 0.1) is 5.69 Å². The van der Waals surface area contributed by atoms with Gasteiger partial charge in [-0.3, -0.25) is 15.2 Å². The second-order valence-electron chi connectivity index (χ2n) is 5.39. The van der Waals surface area contributed by atoms with Gasteiger partial charge in [0, 0.05) is 18.4 Å². The first-order valence-electron chi connectivity index (χ1n) is 7.82. The Hall–Kier alpha value is -3.81. The number of aromatic amines is 1. The molecule has 26 heavy (non-hydrogen) atoms. The van der Waals surface area contributed by atoms with Gasteiger partial charge in [-0.05, 0) is 29.8 Å². The lowest BCUT2D eigenvalue weighted by molar-refractivity contribution is 0.0996. The number of ether oxygens (including phenoxy) is 1. The highest BCUT2D eigenvalue weighted by molar-refractivity contribution is 5.96. The zero-order valence-electron chi connectivity index (χ0n) is 13.7. The largest absolute Gasteiger partial charge is 0.417 e. The van der Waals surface area contributed by atoms with Crippen molar-refractivity contribution in [3.05, 3.63) is 72.1 Å². The highest BCUT2D eigenvalue weighted by atomic mass is 16.6. The van der Waals surface area contributed by atoms with E-state index in [0.717, 1.165) is 5.56 Å². The summed E-state index contributed by atoms with van der Waals surface area (Å²) in [6.07, 6.45) is 0.973. The molecule has 8 heteroatoms. The van der Waals surface area contributed by atoms with Crippen LogP contribution in [0.2, 0.25) is 0 Å². The molecule has 0 unspecified atom stereocenters. The van der Waals surface area contributed by atoms with Crippen LogP contribution in [0.1, 0.15) is 16.1 Å². The van der Waals surface area contributed by atoms with E-state index < -0.39 is 12.0 Å². The number of para-hydroxylation sites is 1. The number of hydrogen-bond acceptors (Lipinski definition) is 5. The molecule has 0 radical (unpaired) electrons. The van der Waals surface area contributed by atoms with Crippen molar-refractivity contribution in [2.75, 3.05) is 10.6 Å². The van der Waals surface area contributed by atoms with Crippen molar-refractivity contribution in [2.45, 2.75) is 6.54 Å². The minimum Gasteiger partial charge on any atom is -0.410 e. The van der Waals surface area contributed by atoms with Crippen LogP contribution in [0.15, 0.2) is 60.8 Å². The molecule has 0 fully saturated rings. The van der Waals surface area contributed by atoms with Crippen LogP contribution in [0.25, 0.3) is 0 Å². The van der Waals surface area contributed by atoms with E-state index in [-0.39, 0.29) is 5.69 Å². The number of primary amides is 1. The van der Waals surface area contributed by atoms with Gasteiger partial charge < -0.3 is 15.8 Å². The van der Waals surface area contributed by atoms with E-state index in [2.05, 4.69) is 20.8 Å². The number of nitrogens with zero attached hydrogens (tertiary/aromatic N) is 1. The molecule has 2 aromatic carbocycles. The summed E-state index contributed by atoms with van der Waals surface area (Å²) >= 11 is 0. The predicted octanol–water partition coefficient (Wildman–Crippen LogP) is 2.73. The number of carbonyl (C=O) groups is 2. The van der Waals surface area contributed by atoms with Crippen LogP contribution >= 0.6 is 0 Å². The summed E-state index contributed by atoms with van der Waals surface area (Å²) in [5.41, 5.74) is 7.39. The van der Waals surface area contributed by atoms with Gasteiger partial charge in [-0.2, -0.15) is 5.10 Å². The van der Waals surface area contributed by atoms with E-state index in [0.29, 0.717) is 23.7 Å². The molecule has 0 bridgehead atoms. The zero-order chi connectivity index (χ0) is 18.4. The molecule has 0 saturated heterocycles. The van der Waals surface area contributed by atoms with E-state index in [9.17, 15) is 9.59 Å². The van der Waals surface area contributed by atoms with Crippen LogP contribution in [0.4, 0.5) is 16.2 Å². The van der Waals surface area contributed by atoms with Gasteiger partial charge >= 0.3 is 6.09 Å². The Kier molecular flexibility index (Phi) is 5.14. The number of carbonyl (C=O) groups excluding carboxylic acids is 2. The quantitative estimate of drug-likeness (QED) is 0.544. The fourth-order valence-corrected chi connectivity index (χ4v) is 2.30. The van der Waals surface area contributed by atoms with Crippen LogP contribution in [0.3, 0.4) is 0 Å². The molecule has 3 rings (SSSR count). The molecule has 5 N–H and O–H groups in total. The SMILES string of the molecule is NC(=O)c1n[nH]cc1NCc1cccc(OC(=O)Nc2ccccc2)c1. The first kappa shape index (κ1) is 17.0. The lowest BCUT2D eigenvalue weighted by atomic mass is 10.2. The molecule has 0 atom stereocenters. The minimum absolute atomic E-state index is 0.139. The summed E-state index contributed by atoms with van der Waals surface area (Å²) in [6, 6.07) is 16.1.